The van der Waals surface area contributed by atoms with Crippen molar-refractivity contribution < 1.29 is 0 Å². The van der Waals surface area contributed by atoms with Crippen LogP contribution in [0.5, 0.6) is 0 Å². The smallest absolute Gasteiger partial charge is 0.0270 e. The Morgan fingerprint density at radius 1 is 1.36 bits per heavy atom. The lowest BCUT2D eigenvalue weighted by atomic mass is 9.80. The van der Waals surface area contributed by atoms with Gasteiger partial charge < -0.3 is 0 Å². The first-order valence-corrected chi connectivity index (χ1v) is 5.05. The Morgan fingerprint density at radius 2 is 2.00 bits per heavy atom. The van der Waals surface area contributed by atoms with E-state index in [-0.39, 0.29) is 5.41 Å². The van der Waals surface area contributed by atoms with E-state index in [0.717, 1.165) is 6.42 Å². The van der Waals surface area contributed by atoms with Crippen LogP contribution < -0.4 is 0 Å². The normalized spacial score (nSPS) is 13.2. The molecule has 1 heteroatoms. The van der Waals surface area contributed by atoms with Gasteiger partial charge in [0.2, 0.25) is 0 Å². The molecule has 78 valence electrons. The molecule has 0 aliphatic rings. The average Bonchev–Trinajstić information content (AvgIpc) is 2.12. The van der Waals surface area contributed by atoms with Crippen molar-refractivity contribution in [2.75, 3.05) is 0 Å². The highest BCUT2D eigenvalue weighted by atomic mass is 14.6. The summed E-state index contributed by atoms with van der Waals surface area (Å²) in [5.74, 6) is 0. The van der Waals surface area contributed by atoms with Crippen LogP contribution in [-0.4, -0.2) is 6.21 Å². The number of aliphatic imine (C=N–C) groups is 1. The molecule has 0 aromatic heterocycles. The number of nitrogens with zero attached hydrogens (tertiary/aromatic N) is 1. The second kappa shape index (κ2) is 6.36. The zero-order valence-corrected chi connectivity index (χ0v) is 9.59. The van der Waals surface area contributed by atoms with Crippen LogP contribution in [0, 0.1) is 5.41 Å². The summed E-state index contributed by atoms with van der Waals surface area (Å²) in [6.07, 6.45) is 9.55. The van der Waals surface area contributed by atoms with Gasteiger partial charge in [0.15, 0.2) is 0 Å². The molecule has 0 aromatic carbocycles. The van der Waals surface area contributed by atoms with Crippen LogP contribution >= 0.6 is 0 Å². The molecular formula is C13H21N. The molecule has 0 unspecified atom stereocenters. The molecule has 0 saturated heterocycles. The third-order valence-electron chi connectivity index (χ3n) is 2.32. The van der Waals surface area contributed by atoms with Gasteiger partial charge in [0.1, 0.15) is 0 Å². The highest BCUT2D eigenvalue weighted by molar-refractivity contribution is 5.73. The third-order valence-corrected chi connectivity index (χ3v) is 2.32. The maximum absolute atomic E-state index is 3.95. The lowest BCUT2D eigenvalue weighted by Gasteiger charge is -2.25. The molecule has 0 atom stereocenters. The Morgan fingerprint density at radius 3 is 2.43 bits per heavy atom. The molecule has 0 amide bonds. The Bertz CT molecular complexity index is 244. The maximum Gasteiger partial charge on any atom is 0.0270 e. The minimum atomic E-state index is 0.184. The van der Waals surface area contributed by atoms with Crippen molar-refractivity contribution in [1.82, 2.24) is 0 Å². The van der Waals surface area contributed by atoms with Gasteiger partial charge in [-0.15, -0.1) is 0 Å². The van der Waals surface area contributed by atoms with Crippen molar-refractivity contribution in [3.8, 4) is 0 Å². The van der Waals surface area contributed by atoms with Crippen molar-refractivity contribution in [3.05, 3.63) is 37.1 Å². The summed E-state index contributed by atoms with van der Waals surface area (Å²) in [7, 11) is 0. The molecule has 0 saturated carbocycles. The van der Waals surface area contributed by atoms with Crippen LogP contribution in [0.2, 0.25) is 0 Å². The molecule has 0 heterocycles. The predicted octanol–water partition coefficient (Wildman–Crippen LogP) is 4.14. The monoisotopic (exact) mass is 191 g/mol. The van der Waals surface area contributed by atoms with E-state index >= 15 is 0 Å². The lowest BCUT2D eigenvalue weighted by molar-refractivity contribution is 0.412. The van der Waals surface area contributed by atoms with E-state index in [4.69, 9.17) is 0 Å². The Kier molecular flexibility index (Phi) is 5.86. The minimum absolute atomic E-state index is 0.184. The second-order valence-corrected chi connectivity index (χ2v) is 3.94. The summed E-state index contributed by atoms with van der Waals surface area (Å²) < 4.78 is 0. The summed E-state index contributed by atoms with van der Waals surface area (Å²) in [4.78, 5) is 3.95. The molecule has 0 fully saturated rings. The average molecular weight is 191 g/mol. The first-order chi connectivity index (χ1) is 6.58. The molecule has 0 aliphatic carbocycles. The van der Waals surface area contributed by atoms with Gasteiger partial charge in [0, 0.05) is 12.4 Å². The van der Waals surface area contributed by atoms with Gasteiger partial charge >= 0.3 is 0 Å². The number of hydrogen-bond acceptors (Lipinski definition) is 1. The first-order valence-electron chi connectivity index (χ1n) is 5.05. The largest absolute Gasteiger partial charge is 0.265 e. The summed E-state index contributed by atoms with van der Waals surface area (Å²) >= 11 is 0. The molecule has 14 heavy (non-hydrogen) atoms. The SMILES string of the molecule is C=CN=C/C=C(\C=C)C(C)(C)CCC. The molecular weight excluding hydrogens is 170 g/mol. The molecule has 0 radical (unpaired) electrons. The fourth-order valence-corrected chi connectivity index (χ4v) is 1.52. The standard InChI is InChI=1S/C13H21N/c1-6-10-13(4,5)12(7-2)9-11-14-8-3/h7-9,11H,2-3,6,10H2,1,4-5H3/b12-9+,14-11?. The Labute approximate surface area is 87.9 Å². The van der Waals surface area contributed by atoms with Crippen molar-refractivity contribution in [3.63, 3.8) is 0 Å². The summed E-state index contributed by atoms with van der Waals surface area (Å²) in [5, 5.41) is 0. The van der Waals surface area contributed by atoms with Crippen LogP contribution in [0.25, 0.3) is 0 Å². The van der Waals surface area contributed by atoms with Crippen molar-refractivity contribution in [1.29, 1.82) is 0 Å². The molecule has 0 rings (SSSR count). The summed E-state index contributed by atoms with van der Waals surface area (Å²) in [6, 6.07) is 0. The Balaban J connectivity index is 4.68. The molecule has 1 nitrogen and oxygen atoms in total. The van der Waals surface area contributed by atoms with E-state index in [9.17, 15) is 0 Å². The van der Waals surface area contributed by atoms with Gasteiger partial charge in [0.05, 0.1) is 0 Å². The molecule has 0 aliphatic heterocycles. The van der Waals surface area contributed by atoms with Crippen molar-refractivity contribution in [2.24, 2.45) is 10.4 Å². The zero-order valence-electron chi connectivity index (χ0n) is 9.59. The number of allylic oxidation sites excluding steroid dienone is 3. The second-order valence-electron chi connectivity index (χ2n) is 3.94. The van der Waals surface area contributed by atoms with Gasteiger partial charge in [-0.25, -0.2) is 0 Å². The van der Waals surface area contributed by atoms with Crippen molar-refractivity contribution in [2.45, 2.75) is 33.6 Å². The van der Waals surface area contributed by atoms with E-state index in [2.05, 4.69) is 38.9 Å². The van der Waals surface area contributed by atoms with Gasteiger partial charge in [0.25, 0.3) is 0 Å². The van der Waals surface area contributed by atoms with E-state index < -0.39 is 0 Å². The van der Waals surface area contributed by atoms with E-state index in [1.807, 2.05) is 12.2 Å². The fraction of sp³-hybridized carbons (Fsp3) is 0.462. The lowest BCUT2D eigenvalue weighted by Crippen LogP contribution is -2.13. The number of rotatable bonds is 6. The summed E-state index contributed by atoms with van der Waals surface area (Å²) in [5.41, 5.74) is 1.41. The van der Waals surface area contributed by atoms with Crippen molar-refractivity contribution >= 4 is 6.21 Å². The van der Waals surface area contributed by atoms with Crippen LogP contribution in [0.15, 0.2) is 42.1 Å². The van der Waals surface area contributed by atoms with Gasteiger partial charge in [-0.1, -0.05) is 46.4 Å². The topological polar surface area (TPSA) is 12.4 Å². The summed E-state index contributed by atoms with van der Waals surface area (Å²) in [6.45, 7) is 14.0. The minimum Gasteiger partial charge on any atom is -0.265 e. The predicted molar refractivity (Wildman–Crippen MR) is 65.7 cm³/mol. The first kappa shape index (κ1) is 12.9. The van der Waals surface area contributed by atoms with Crippen LogP contribution in [0.3, 0.4) is 0 Å². The third kappa shape index (κ3) is 4.22. The highest BCUT2D eigenvalue weighted by Gasteiger charge is 2.19. The quantitative estimate of drug-likeness (QED) is 0.442. The van der Waals surface area contributed by atoms with Crippen LogP contribution in [0.4, 0.5) is 0 Å². The van der Waals surface area contributed by atoms with E-state index in [0.29, 0.717) is 0 Å². The van der Waals surface area contributed by atoms with E-state index in [1.54, 1.807) is 6.21 Å². The van der Waals surface area contributed by atoms with E-state index in [1.165, 1.54) is 18.2 Å². The van der Waals surface area contributed by atoms with Gasteiger partial charge in [-0.3, -0.25) is 4.99 Å². The zero-order chi connectivity index (χ0) is 11.0. The molecule has 0 spiro atoms. The Hall–Kier alpha value is -1.11. The number of hydrogen-bond donors (Lipinski definition) is 0. The fourth-order valence-electron chi connectivity index (χ4n) is 1.52. The highest BCUT2D eigenvalue weighted by Crippen LogP contribution is 2.31. The molecule has 0 N–H and O–H groups in total. The van der Waals surface area contributed by atoms with Gasteiger partial charge in [-0.05, 0) is 23.5 Å². The van der Waals surface area contributed by atoms with Crippen LogP contribution in [-0.2, 0) is 0 Å². The maximum atomic E-state index is 3.95. The van der Waals surface area contributed by atoms with Gasteiger partial charge in [-0.2, -0.15) is 0 Å². The van der Waals surface area contributed by atoms with Crippen LogP contribution in [0.1, 0.15) is 33.6 Å². The molecule has 0 bridgehead atoms. The molecule has 0 aromatic rings.